The highest BCUT2D eigenvalue weighted by Crippen LogP contribution is 2.31. The second kappa shape index (κ2) is 11.9. The summed E-state index contributed by atoms with van der Waals surface area (Å²) in [4.78, 5) is 20.5. The van der Waals surface area contributed by atoms with Crippen molar-refractivity contribution in [2.75, 3.05) is 35.7 Å². The molecule has 1 aromatic heterocycles. The number of aromatic nitrogens is 2. The standard InChI is InChI=1S/C26H27N5O6S/c1-37-19-12-11-17(6-5-13-32)23(15-19)30-25-26(29-22-10-3-2-9-21(22)28-25)31-38(35,36)20-8-4-7-18(14-20)27-24(34)16-33/h2-4,7-12,14-15,32-33H,5-6,13,16H2,1H3,(H,27,34)(H,28,30)(H,29,31). The summed E-state index contributed by atoms with van der Waals surface area (Å²) in [7, 11) is -2.62. The molecule has 0 atom stereocenters. The minimum Gasteiger partial charge on any atom is -0.497 e. The van der Waals surface area contributed by atoms with Gasteiger partial charge in [-0.25, -0.2) is 18.4 Å². The smallest absolute Gasteiger partial charge is 0.263 e. The van der Waals surface area contributed by atoms with Gasteiger partial charge in [0.25, 0.3) is 10.0 Å². The van der Waals surface area contributed by atoms with E-state index in [0.717, 1.165) is 5.56 Å². The lowest BCUT2D eigenvalue weighted by Gasteiger charge is -2.17. The molecule has 0 spiro atoms. The fourth-order valence-corrected chi connectivity index (χ4v) is 4.75. The molecule has 0 bridgehead atoms. The highest BCUT2D eigenvalue weighted by Gasteiger charge is 2.20. The zero-order valence-corrected chi connectivity index (χ0v) is 21.3. The van der Waals surface area contributed by atoms with Crippen LogP contribution in [-0.2, 0) is 21.2 Å². The number of nitrogens with one attached hydrogen (secondary N) is 3. The number of amides is 1. The lowest BCUT2D eigenvalue weighted by atomic mass is 10.1. The van der Waals surface area contributed by atoms with Crippen molar-refractivity contribution in [3.63, 3.8) is 0 Å². The Morgan fingerprint density at radius 2 is 1.68 bits per heavy atom. The quantitative estimate of drug-likeness (QED) is 0.193. The summed E-state index contributed by atoms with van der Waals surface area (Å²) in [6.07, 6.45) is 1.10. The topological polar surface area (TPSA) is 163 Å². The zero-order chi connectivity index (χ0) is 27.1. The maximum atomic E-state index is 13.3. The second-order valence-electron chi connectivity index (χ2n) is 8.22. The van der Waals surface area contributed by atoms with Gasteiger partial charge in [0.1, 0.15) is 12.4 Å². The van der Waals surface area contributed by atoms with Crippen LogP contribution in [0, 0.1) is 0 Å². The first-order chi connectivity index (χ1) is 18.3. The average molecular weight is 538 g/mol. The molecule has 0 unspecified atom stereocenters. The number of nitrogens with zero attached hydrogens (tertiary/aromatic N) is 2. The Hall–Kier alpha value is -4.26. The largest absolute Gasteiger partial charge is 0.497 e. The van der Waals surface area contributed by atoms with Crippen molar-refractivity contribution in [3.05, 3.63) is 72.3 Å². The first-order valence-corrected chi connectivity index (χ1v) is 13.2. The number of carbonyl (C=O) groups excluding carboxylic acids is 1. The van der Waals surface area contributed by atoms with E-state index in [0.29, 0.717) is 35.3 Å². The number of carbonyl (C=O) groups is 1. The lowest BCUT2D eigenvalue weighted by Crippen LogP contribution is -2.18. The minimum atomic E-state index is -4.16. The molecule has 11 nitrogen and oxygen atoms in total. The van der Waals surface area contributed by atoms with Gasteiger partial charge in [0, 0.05) is 24.0 Å². The van der Waals surface area contributed by atoms with Crippen molar-refractivity contribution in [2.45, 2.75) is 17.7 Å². The summed E-state index contributed by atoms with van der Waals surface area (Å²) < 4.78 is 34.5. The molecule has 198 valence electrons. The monoisotopic (exact) mass is 537 g/mol. The molecular formula is C26H27N5O6S. The van der Waals surface area contributed by atoms with Crippen LogP contribution in [-0.4, -0.2) is 54.8 Å². The highest BCUT2D eigenvalue weighted by molar-refractivity contribution is 7.92. The van der Waals surface area contributed by atoms with Crippen molar-refractivity contribution < 1.29 is 28.2 Å². The van der Waals surface area contributed by atoms with Gasteiger partial charge in [-0.1, -0.05) is 24.3 Å². The molecule has 0 aliphatic rings. The third-order valence-corrected chi connectivity index (χ3v) is 6.88. The molecule has 38 heavy (non-hydrogen) atoms. The normalized spacial score (nSPS) is 11.2. The van der Waals surface area contributed by atoms with Gasteiger partial charge in [0.15, 0.2) is 11.6 Å². The Morgan fingerprint density at radius 3 is 2.37 bits per heavy atom. The molecule has 0 saturated carbocycles. The Balaban J connectivity index is 1.75. The fraction of sp³-hybridized carbons (Fsp3) is 0.192. The van der Waals surface area contributed by atoms with Crippen LogP contribution in [0.25, 0.3) is 11.0 Å². The van der Waals surface area contributed by atoms with Gasteiger partial charge in [0.05, 0.1) is 23.0 Å². The van der Waals surface area contributed by atoms with Crippen molar-refractivity contribution in [2.24, 2.45) is 0 Å². The SMILES string of the molecule is COc1ccc(CCCO)c(Nc2nc3ccccc3nc2NS(=O)(=O)c2cccc(NC(=O)CO)c2)c1. The number of hydrogen-bond acceptors (Lipinski definition) is 9. The minimum absolute atomic E-state index is 0.0180. The van der Waals surface area contributed by atoms with Gasteiger partial charge in [-0.15, -0.1) is 0 Å². The molecule has 0 fully saturated rings. The predicted octanol–water partition coefficient (Wildman–Crippen LogP) is 3.04. The van der Waals surface area contributed by atoms with E-state index in [1.165, 1.54) is 24.3 Å². The predicted molar refractivity (Wildman–Crippen MR) is 144 cm³/mol. The van der Waals surface area contributed by atoms with Crippen LogP contribution in [0.2, 0.25) is 0 Å². The third-order valence-electron chi connectivity index (χ3n) is 5.55. The maximum Gasteiger partial charge on any atom is 0.263 e. The van der Waals surface area contributed by atoms with E-state index in [1.54, 1.807) is 43.5 Å². The molecule has 0 aliphatic carbocycles. The number of sulfonamides is 1. The van der Waals surface area contributed by atoms with Crippen molar-refractivity contribution >= 4 is 50.0 Å². The third kappa shape index (κ3) is 6.35. The lowest BCUT2D eigenvalue weighted by molar-refractivity contribution is -0.118. The van der Waals surface area contributed by atoms with E-state index >= 15 is 0 Å². The van der Waals surface area contributed by atoms with Gasteiger partial charge in [-0.05, 0) is 54.8 Å². The number of anilines is 4. The number of hydrogen-bond donors (Lipinski definition) is 5. The number of ether oxygens (including phenoxy) is 1. The highest BCUT2D eigenvalue weighted by atomic mass is 32.2. The molecular weight excluding hydrogens is 510 g/mol. The van der Waals surface area contributed by atoms with E-state index in [2.05, 4.69) is 25.3 Å². The Morgan fingerprint density at radius 1 is 0.947 bits per heavy atom. The van der Waals surface area contributed by atoms with Crippen LogP contribution in [0.4, 0.5) is 23.0 Å². The fourth-order valence-electron chi connectivity index (χ4n) is 3.70. The molecule has 4 rings (SSSR count). The summed E-state index contributed by atoms with van der Waals surface area (Å²) in [5.74, 6) is 0.0347. The summed E-state index contributed by atoms with van der Waals surface area (Å²) >= 11 is 0. The van der Waals surface area contributed by atoms with Gasteiger partial charge in [-0.3, -0.25) is 9.52 Å². The summed E-state index contributed by atoms with van der Waals surface area (Å²) in [6, 6.07) is 18.1. The number of methoxy groups -OCH3 is 1. The van der Waals surface area contributed by atoms with Crippen molar-refractivity contribution in [1.82, 2.24) is 9.97 Å². The van der Waals surface area contributed by atoms with Gasteiger partial charge in [-0.2, -0.15) is 0 Å². The summed E-state index contributed by atoms with van der Waals surface area (Å²) in [5.41, 5.74) is 2.73. The van der Waals surface area contributed by atoms with E-state index in [9.17, 15) is 18.3 Å². The second-order valence-corrected chi connectivity index (χ2v) is 9.91. The van der Waals surface area contributed by atoms with Crippen LogP contribution in [0.15, 0.2) is 71.6 Å². The number of aliphatic hydroxyl groups is 2. The van der Waals surface area contributed by atoms with Gasteiger partial charge < -0.3 is 25.6 Å². The number of rotatable bonds is 11. The van der Waals surface area contributed by atoms with E-state index in [1.807, 2.05) is 6.07 Å². The van der Waals surface area contributed by atoms with Crippen LogP contribution >= 0.6 is 0 Å². The van der Waals surface area contributed by atoms with E-state index < -0.39 is 22.5 Å². The molecule has 3 aromatic carbocycles. The number of para-hydroxylation sites is 2. The Bertz CT molecular complexity index is 1560. The van der Waals surface area contributed by atoms with Gasteiger partial charge in [0.2, 0.25) is 5.91 Å². The molecule has 12 heteroatoms. The molecule has 0 saturated heterocycles. The Labute approximate surface area is 219 Å². The number of aryl methyl sites for hydroxylation is 1. The van der Waals surface area contributed by atoms with E-state index in [-0.39, 0.29) is 28.8 Å². The molecule has 5 N–H and O–H groups in total. The maximum absolute atomic E-state index is 13.3. The summed E-state index contributed by atoms with van der Waals surface area (Å²) in [6.45, 7) is -0.717. The van der Waals surface area contributed by atoms with Crippen LogP contribution in [0.3, 0.4) is 0 Å². The first kappa shape index (κ1) is 26.8. The average Bonchev–Trinajstić information content (AvgIpc) is 2.92. The number of aliphatic hydroxyl groups excluding tert-OH is 2. The Kier molecular flexibility index (Phi) is 8.36. The molecule has 1 heterocycles. The number of benzene rings is 3. The molecule has 0 aliphatic heterocycles. The van der Waals surface area contributed by atoms with Crippen molar-refractivity contribution in [1.29, 1.82) is 0 Å². The molecule has 1 amide bonds. The van der Waals surface area contributed by atoms with Crippen molar-refractivity contribution in [3.8, 4) is 5.75 Å². The molecule has 4 aromatic rings. The van der Waals surface area contributed by atoms with E-state index in [4.69, 9.17) is 9.84 Å². The van der Waals surface area contributed by atoms with Crippen LogP contribution < -0.4 is 20.1 Å². The first-order valence-electron chi connectivity index (χ1n) is 11.7. The van der Waals surface area contributed by atoms with Crippen LogP contribution in [0.5, 0.6) is 5.75 Å². The molecule has 0 radical (unpaired) electrons. The number of fused-ring (bicyclic) bond motifs is 1. The van der Waals surface area contributed by atoms with Crippen LogP contribution in [0.1, 0.15) is 12.0 Å². The van der Waals surface area contributed by atoms with Gasteiger partial charge >= 0.3 is 0 Å². The zero-order valence-electron chi connectivity index (χ0n) is 20.5. The summed E-state index contributed by atoms with van der Waals surface area (Å²) in [5, 5.41) is 23.9.